The van der Waals surface area contributed by atoms with Gasteiger partial charge < -0.3 is 15.2 Å². The van der Waals surface area contributed by atoms with Crippen molar-refractivity contribution in [2.45, 2.75) is 24.3 Å². The van der Waals surface area contributed by atoms with Gasteiger partial charge in [0.2, 0.25) is 5.91 Å². The van der Waals surface area contributed by atoms with Crippen LogP contribution in [0.5, 0.6) is 0 Å². The molecule has 2 bridgehead atoms. The molecule has 130 valence electrons. The van der Waals surface area contributed by atoms with E-state index in [1.807, 2.05) is 48.6 Å². The van der Waals surface area contributed by atoms with E-state index in [-0.39, 0.29) is 5.91 Å². The van der Waals surface area contributed by atoms with Crippen molar-refractivity contribution in [2.24, 2.45) is 11.8 Å². The number of carbonyl (C=O) groups excluding carboxylic acids is 1. The van der Waals surface area contributed by atoms with E-state index in [1.165, 1.54) is 0 Å². The molecular formula is C20H16N2O4. The number of carbonyl (C=O) groups is 2. The number of anilines is 2. The highest BCUT2D eigenvalue weighted by molar-refractivity contribution is 6.15. The summed E-state index contributed by atoms with van der Waals surface area (Å²) in [5.74, 6) is -2.82. The molecule has 2 N–H and O–H groups in total. The van der Waals surface area contributed by atoms with E-state index in [2.05, 4.69) is 5.32 Å². The quantitative estimate of drug-likeness (QED) is 0.774. The highest BCUT2D eigenvalue weighted by Crippen LogP contribution is 2.61. The standard InChI is InChI=1S/C20H16N2O4/c1-19-8-9-20(26-19)14(15(19)17(24)25)16(23)22-12-7-3-5-10-4-2-6-11(13(10)12)21-18(20)22/h2-9,14-15,18,21H,1H3,(H,24,25)/t14-,15+,18-,19+,20-/m1/s1. The lowest BCUT2D eigenvalue weighted by molar-refractivity contribution is -0.148. The number of carboxylic acids is 1. The molecular weight excluding hydrogens is 332 g/mol. The van der Waals surface area contributed by atoms with Crippen LogP contribution in [0.3, 0.4) is 0 Å². The summed E-state index contributed by atoms with van der Waals surface area (Å²) >= 11 is 0. The lowest BCUT2D eigenvalue weighted by Gasteiger charge is -2.39. The smallest absolute Gasteiger partial charge is 0.310 e. The van der Waals surface area contributed by atoms with Gasteiger partial charge in [0, 0.05) is 11.1 Å². The average Bonchev–Trinajstić information content (AvgIpc) is 3.18. The van der Waals surface area contributed by atoms with Gasteiger partial charge in [-0.1, -0.05) is 30.3 Å². The van der Waals surface area contributed by atoms with Crippen LogP contribution in [0.25, 0.3) is 10.8 Å². The van der Waals surface area contributed by atoms with Crippen molar-refractivity contribution >= 4 is 34.0 Å². The van der Waals surface area contributed by atoms with Gasteiger partial charge in [-0.15, -0.1) is 0 Å². The molecule has 1 amide bonds. The zero-order chi connectivity index (χ0) is 17.8. The van der Waals surface area contributed by atoms with Crippen LogP contribution in [0.4, 0.5) is 11.4 Å². The molecule has 6 heteroatoms. The predicted octanol–water partition coefficient (Wildman–Crippen LogP) is 2.35. The zero-order valence-corrected chi connectivity index (χ0v) is 14.0. The van der Waals surface area contributed by atoms with Crippen LogP contribution in [0.15, 0.2) is 48.6 Å². The molecule has 2 fully saturated rings. The maximum atomic E-state index is 13.4. The summed E-state index contributed by atoms with van der Waals surface area (Å²) in [6, 6.07) is 11.8. The van der Waals surface area contributed by atoms with Crippen LogP contribution in [-0.4, -0.2) is 34.4 Å². The minimum Gasteiger partial charge on any atom is -0.481 e. The van der Waals surface area contributed by atoms with Crippen LogP contribution < -0.4 is 10.2 Å². The number of amides is 1. The van der Waals surface area contributed by atoms with Gasteiger partial charge in [-0.05, 0) is 30.5 Å². The molecule has 4 aliphatic rings. The van der Waals surface area contributed by atoms with Gasteiger partial charge in [0.15, 0.2) is 0 Å². The van der Waals surface area contributed by atoms with Crippen molar-refractivity contribution in [3.63, 3.8) is 0 Å². The van der Waals surface area contributed by atoms with E-state index >= 15 is 0 Å². The fraction of sp³-hybridized carbons (Fsp3) is 0.300. The molecule has 0 unspecified atom stereocenters. The van der Waals surface area contributed by atoms with Crippen LogP contribution in [0.2, 0.25) is 0 Å². The lowest BCUT2D eigenvalue weighted by Crippen LogP contribution is -2.52. The molecule has 2 aromatic carbocycles. The first kappa shape index (κ1) is 14.3. The monoisotopic (exact) mass is 348 g/mol. The van der Waals surface area contributed by atoms with Gasteiger partial charge >= 0.3 is 5.97 Å². The highest BCUT2D eigenvalue weighted by Gasteiger charge is 2.75. The Hall–Kier alpha value is -2.86. The highest BCUT2D eigenvalue weighted by atomic mass is 16.5. The normalized spacial score (nSPS) is 38.4. The van der Waals surface area contributed by atoms with Crippen LogP contribution in [-0.2, 0) is 14.3 Å². The largest absolute Gasteiger partial charge is 0.481 e. The lowest BCUT2D eigenvalue weighted by atomic mass is 9.71. The maximum Gasteiger partial charge on any atom is 0.310 e. The van der Waals surface area contributed by atoms with Crippen molar-refractivity contribution in [3.05, 3.63) is 48.6 Å². The molecule has 0 aromatic heterocycles. The zero-order valence-electron chi connectivity index (χ0n) is 14.0. The van der Waals surface area contributed by atoms with Crippen molar-refractivity contribution in [3.8, 4) is 0 Å². The summed E-state index contributed by atoms with van der Waals surface area (Å²) in [5, 5.41) is 15.3. The van der Waals surface area contributed by atoms with E-state index in [0.29, 0.717) is 0 Å². The number of hydrogen-bond donors (Lipinski definition) is 2. The molecule has 5 atom stereocenters. The molecule has 2 saturated heterocycles. The summed E-state index contributed by atoms with van der Waals surface area (Å²) in [7, 11) is 0. The third-order valence-electron chi connectivity index (χ3n) is 6.40. The van der Waals surface area contributed by atoms with Crippen LogP contribution in [0.1, 0.15) is 6.92 Å². The number of rotatable bonds is 1. The molecule has 26 heavy (non-hydrogen) atoms. The summed E-state index contributed by atoms with van der Waals surface area (Å²) in [6.45, 7) is 1.75. The van der Waals surface area contributed by atoms with E-state index in [0.717, 1.165) is 22.1 Å². The van der Waals surface area contributed by atoms with Crippen molar-refractivity contribution in [1.29, 1.82) is 0 Å². The van der Waals surface area contributed by atoms with E-state index < -0.39 is 35.2 Å². The van der Waals surface area contributed by atoms with Crippen molar-refractivity contribution in [1.82, 2.24) is 0 Å². The van der Waals surface area contributed by atoms with Gasteiger partial charge in [0.1, 0.15) is 17.7 Å². The number of hydrogen-bond acceptors (Lipinski definition) is 4. The first-order valence-electron chi connectivity index (χ1n) is 8.71. The second-order valence-electron chi connectivity index (χ2n) is 7.70. The Bertz CT molecular complexity index is 1060. The summed E-state index contributed by atoms with van der Waals surface area (Å²) in [5.41, 5.74) is -0.176. The molecule has 1 spiro atoms. The number of fused-ring (bicyclic) bond motifs is 3. The van der Waals surface area contributed by atoms with E-state index in [1.54, 1.807) is 11.8 Å². The second kappa shape index (κ2) is 4.10. The molecule has 6 nitrogen and oxygen atoms in total. The number of aliphatic carboxylic acids is 1. The number of benzene rings is 2. The first-order valence-corrected chi connectivity index (χ1v) is 8.71. The predicted molar refractivity (Wildman–Crippen MR) is 94.8 cm³/mol. The third-order valence-corrected chi connectivity index (χ3v) is 6.40. The number of carboxylic acid groups (broad SMARTS) is 1. The van der Waals surface area contributed by atoms with Gasteiger partial charge in [0.25, 0.3) is 0 Å². The Kier molecular flexibility index (Phi) is 2.26. The minimum atomic E-state index is -0.993. The van der Waals surface area contributed by atoms with Crippen molar-refractivity contribution in [2.75, 3.05) is 10.2 Å². The summed E-state index contributed by atoms with van der Waals surface area (Å²) < 4.78 is 6.28. The maximum absolute atomic E-state index is 13.4. The Morgan fingerprint density at radius 2 is 2.00 bits per heavy atom. The van der Waals surface area contributed by atoms with Crippen LogP contribution >= 0.6 is 0 Å². The van der Waals surface area contributed by atoms with Crippen molar-refractivity contribution < 1.29 is 19.4 Å². The SMILES string of the molecule is C[C@@]12C=C[C@]3(O1)[C@@H]1Nc4cccc5cccc(c45)N1C(=O)[C@H]3[C@H]2C(=O)O. The second-order valence-corrected chi connectivity index (χ2v) is 7.70. The van der Waals surface area contributed by atoms with Gasteiger partial charge in [-0.25, -0.2) is 0 Å². The molecule has 2 aromatic rings. The molecule has 0 aliphatic carbocycles. The number of ether oxygens (including phenoxy) is 1. The minimum absolute atomic E-state index is 0.190. The molecule has 4 heterocycles. The number of nitrogens with zero attached hydrogens (tertiary/aromatic N) is 1. The Labute approximate surface area is 149 Å². The molecule has 4 aliphatic heterocycles. The Morgan fingerprint density at radius 1 is 1.23 bits per heavy atom. The topological polar surface area (TPSA) is 78.9 Å². The third kappa shape index (κ3) is 1.34. The fourth-order valence-electron chi connectivity index (χ4n) is 5.41. The van der Waals surface area contributed by atoms with Crippen LogP contribution in [0, 0.1) is 11.8 Å². The summed E-state index contributed by atoms with van der Waals surface area (Å²) in [4.78, 5) is 27.1. The number of nitrogens with one attached hydrogen (secondary N) is 1. The molecule has 0 radical (unpaired) electrons. The fourth-order valence-corrected chi connectivity index (χ4v) is 5.41. The van der Waals surface area contributed by atoms with E-state index in [4.69, 9.17) is 4.74 Å². The Balaban J connectivity index is 1.61. The molecule has 0 saturated carbocycles. The first-order chi connectivity index (χ1) is 12.5. The van der Waals surface area contributed by atoms with Gasteiger partial charge in [-0.3, -0.25) is 14.5 Å². The average molecular weight is 348 g/mol. The Morgan fingerprint density at radius 3 is 2.77 bits per heavy atom. The van der Waals surface area contributed by atoms with Gasteiger partial charge in [0.05, 0.1) is 17.2 Å². The molecule has 6 rings (SSSR count). The van der Waals surface area contributed by atoms with E-state index in [9.17, 15) is 14.7 Å². The van der Waals surface area contributed by atoms with Gasteiger partial charge in [-0.2, -0.15) is 0 Å². The summed E-state index contributed by atoms with van der Waals surface area (Å²) in [6.07, 6.45) is 3.24.